The fourth-order valence-electron chi connectivity index (χ4n) is 0.772. The van der Waals surface area contributed by atoms with Gasteiger partial charge < -0.3 is 11.3 Å². The summed E-state index contributed by atoms with van der Waals surface area (Å²) in [6.45, 7) is 0.608. The number of hydrogen-bond acceptors (Lipinski definition) is 2. The Labute approximate surface area is 77.2 Å². The van der Waals surface area contributed by atoms with Gasteiger partial charge in [0, 0.05) is 6.61 Å². The molecule has 0 aromatic rings. The average Bonchev–Trinajstić information content (AvgIpc) is 2.12. The van der Waals surface area contributed by atoms with Gasteiger partial charge in [0.2, 0.25) is 0 Å². The van der Waals surface area contributed by atoms with Gasteiger partial charge in [0.25, 0.3) is 0 Å². The monoisotopic (exact) mass is 140 g/mol. The van der Waals surface area contributed by atoms with Gasteiger partial charge in [-0.3, -0.25) is 0 Å². The molecule has 1 aliphatic rings. The molecule has 0 aromatic carbocycles. The van der Waals surface area contributed by atoms with Crippen molar-refractivity contribution in [2.24, 2.45) is 0 Å². The van der Waals surface area contributed by atoms with Crippen molar-refractivity contribution >= 4 is 5.97 Å². The summed E-state index contributed by atoms with van der Waals surface area (Å²) in [5, 5.41) is 8.29. The first kappa shape index (κ1) is 9.43. The largest absolute Gasteiger partial charge is 1.00 e. The minimum atomic E-state index is -0.831. The van der Waals surface area contributed by atoms with Crippen molar-refractivity contribution in [1.82, 2.24) is 0 Å². The summed E-state index contributed by atoms with van der Waals surface area (Å²) < 4.78 is 4.81. The third-order valence-corrected chi connectivity index (χ3v) is 1.21. The van der Waals surface area contributed by atoms with E-state index in [1.807, 2.05) is 0 Å². The Morgan fingerprint density at radius 3 is 2.67 bits per heavy atom. The molecule has 9 heavy (non-hydrogen) atoms. The standard InChI is InChI=1S/C5H8O3.Na.H/c6-5(7)4-2-1-3-8-4;;/h4H,1-3H2,(H,6,7);;/q;+1;-1/t4-;;/m0../s1. The Bertz CT molecular complexity index is 103. The van der Waals surface area contributed by atoms with Crippen LogP contribution in [0.25, 0.3) is 0 Å². The molecule has 1 N–H and O–H groups in total. The van der Waals surface area contributed by atoms with E-state index < -0.39 is 12.1 Å². The van der Waals surface area contributed by atoms with Crippen LogP contribution < -0.4 is 29.6 Å². The Balaban J connectivity index is 0. The van der Waals surface area contributed by atoms with E-state index in [1.165, 1.54) is 0 Å². The van der Waals surface area contributed by atoms with Crippen molar-refractivity contribution in [3.8, 4) is 0 Å². The summed E-state index contributed by atoms with van der Waals surface area (Å²) in [7, 11) is 0. The zero-order chi connectivity index (χ0) is 5.98. The number of carbonyl (C=O) groups is 1. The number of rotatable bonds is 1. The molecule has 0 amide bonds. The first-order valence-electron chi connectivity index (χ1n) is 2.65. The van der Waals surface area contributed by atoms with E-state index in [0.717, 1.165) is 6.42 Å². The Kier molecular flexibility index (Phi) is 4.48. The van der Waals surface area contributed by atoms with Gasteiger partial charge in [-0.05, 0) is 12.8 Å². The molecule has 0 bridgehead atoms. The molecule has 0 aliphatic carbocycles. The van der Waals surface area contributed by atoms with Gasteiger partial charge in [-0.15, -0.1) is 0 Å². The summed E-state index contributed by atoms with van der Waals surface area (Å²) >= 11 is 0. The zero-order valence-electron chi connectivity index (χ0n) is 6.46. The van der Waals surface area contributed by atoms with Crippen LogP contribution >= 0.6 is 0 Å². The van der Waals surface area contributed by atoms with Crippen LogP contribution in [0.2, 0.25) is 0 Å². The maximum atomic E-state index is 10.1. The molecule has 1 aliphatic heterocycles. The van der Waals surface area contributed by atoms with Gasteiger partial charge in [-0.2, -0.15) is 0 Å². The molecule has 0 saturated carbocycles. The SMILES string of the molecule is O=C(O)[C@@H]1CCCO1.[H-].[Na+]. The van der Waals surface area contributed by atoms with Crippen molar-refractivity contribution in [3.63, 3.8) is 0 Å². The van der Waals surface area contributed by atoms with Gasteiger partial charge in [0.1, 0.15) is 0 Å². The van der Waals surface area contributed by atoms with Crippen LogP contribution in [0, 0.1) is 0 Å². The van der Waals surface area contributed by atoms with E-state index in [1.54, 1.807) is 0 Å². The van der Waals surface area contributed by atoms with Crippen molar-refractivity contribution in [3.05, 3.63) is 0 Å². The van der Waals surface area contributed by atoms with E-state index in [0.29, 0.717) is 13.0 Å². The van der Waals surface area contributed by atoms with E-state index in [4.69, 9.17) is 9.84 Å². The van der Waals surface area contributed by atoms with Crippen LogP contribution in [0.5, 0.6) is 0 Å². The molecule has 4 heteroatoms. The summed E-state index contributed by atoms with van der Waals surface area (Å²) in [5.41, 5.74) is 0. The third kappa shape index (κ3) is 2.67. The maximum Gasteiger partial charge on any atom is 1.00 e. The van der Waals surface area contributed by atoms with Gasteiger partial charge in [-0.25, -0.2) is 4.79 Å². The molecule has 1 saturated heterocycles. The molecule has 1 fully saturated rings. The van der Waals surface area contributed by atoms with Gasteiger partial charge in [0.15, 0.2) is 6.10 Å². The van der Waals surface area contributed by atoms with Crippen LogP contribution in [0.3, 0.4) is 0 Å². The summed E-state index contributed by atoms with van der Waals surface area (Å²) in [6.07, 6.45) is 1.04. The Morgan fingerprint density at radius 2 is 2.44 bits per heavy atom. The molecule has 3 nitrogen and oxygen atoms in total. The summed E-state index contributed by atoms with van der Waals surface area (Å²) in [6, 6.07) is 0. The fourth-order valence-corrected chi connectivity index (χ4v) is 0.772. The first-order chi connectivity index (χ1) is 3.80. The second kappa shape index (κ2) is 4.28. The quantitative estimate of drug-likeness (QED) is 0.405. The molecule has 0 radical (unpaired) electrons. The van der Waals surface area contributed by atoms with Gasteiger partial charge in [0.05, 0.1) is 0 Å². The molecule has 0 unspecified atom stereocenters. The molecule has 1 atom stereocenters. The zero-order valence-corrected chi connectivity index (χ0v) is 7.46. The predicted octanol–water partition coefficient (Wildman–Crippen LogP) is -2.63. The van der Waals surface area contributed by atoms with Crippen LogP contribution in [0.15, 0.2) is 0 Å². The van der Waals surface area contributed by atoms with Crippen LogP contribution in [0.1, 0.15) is 14.3 Å². The maximum absolute atomic E-state index is 10.1. The molecular formula is C5H9NaO3. The number of ether oxygens (including phenoxy) is 1. The normalized spacial score (nSPS) is 25.1. The average molecular weight is 140 g/mol. The number of carboxylic acids is 1. The molecule has 0 spiro atoms. The smallest absolute Gasteiger partial charge is 1.00 e. The Morgan fingerprint density at radius 1 is 1.78 bits per heavy atom. The second-order valence-corrected chi connectivity index (χ2v) is 1.84. The fraction of sp³-hybridized carbons (Fsp3) is 0.800. The van der Waals surface area contributed by atoms with E-state index in [-0.39, 0.29) is 31.0 Å². The second-order valence-electron chi connectivity index (χ2n) is 1.84. The van der Waals surface area contributed by atoms with Crippen molar-refractivity contribution < 1.29 is 45.6 Å². The number of aliphatic carboxylic acids is 1. The number of hydrogen-bond donors (Lipinski definition) is 1. The summed E-state index contributed by atoms with van der Waals surface area (Å²) in [5.74, 6) is -0.831. The molecule has 1 rings (SSSR count). The first-order valence-corrected chi connectivity index (χ1v) is 2.65. The van der Waals surface area contributed by atoms with Gasteiger partial charge in [-0.1, -0.05) is 0 Å². The van der Waals surface area contributed by atoms with E-state index in [2.05, 4.69) is 0 Å². The van der Waals surface area contributed by atoms with Crippen LogP contribution in [-0.4, -0.2) is 23.8 Å². The van der Waals surface area contributed by atoms with E-state index >= 15 is 0 Å². The van der Waals surface area contributed by atoms with Crippen molar-refractivity contribution in [2.75, 3.05) is 6.61 Å². The number of carboxylic acid groups (broad SMARTS) is 1. The van der Waals surface area contributed by atoms with E-state index in [9.17, 15) is 4.79 Å². The minimum absolute atomic E-state index is 0. The third-order valence-electron chi connectivity index (χ3n) is 1.21. The van der Waals surface area contributed by atoms with Crippen molar-refractivity contribution in [2.45, 2.75) is 18.9 Å². The molecule has 48 valence electrons. The Hall–Kier alpha value is 0.430. The summed E-state index contributed by atoms with van der Waals surface area (Å²) in [4.78, 5) is 10.1. The van der Waals surface area contributed by atoms with Crippen LogP contribution in [0.4, 0.5) is 0 Å². The van der Waals surface area contributed by atoms with Crippen molar-refractivity contribution in [1.29, 1.82) is 0 Å². The topological polar surface area (TPSA) is 46.5 Å². The minimum Gasteiger partial charge on any atom is -1.00 e. The molecule has 1 heterocycles. The molecule has 0 aromatic heterocycles. The molecular weight excluding hydrogens is 131 g/mol. The predicted molar refractivity (Wildman–Crippen MR) is 27.7 cm³/mol. The van der Waals surface area contributed by atoms with Crippen LogP contribution in [-0.2, 0) is 9.53 Å². The van der Waals surface area contributed by atoms with Gasteiger partial charge >= 0.3 is 35.5 Å².